The van der Waals surface area contributed by atoms with Gasteiger partial charge in [0.25, 0.3) is 5.91 Å². The molecule has 0 saturated carbocycles. The number of amides is 1. The van der Waals surface area contributed by atoms with Crippen LogP contribution in [-0.2, 0) is 4.79 Å². The molecule has 0 aliphatic carbocycles. The van der Waals surface area contributed by atoms with Gasteiger partial charge in [0.1, 0.15) is 5.75 Å². The van der Waals surface area contributed by atoms with Crippen LogP contribution in [-0.4, -0.2) is 19.1 Å². The lowest BCUT2D eigenvalue weighted by molar-refractivity contribution is -0.123. The van der Waals surface area contributed by atoms with E-state index >= 15 is 0 Å². The predicted molar refractivity (Wildman–Crippen MR) is 63.0 cm³/mol. The van der Waals surface area contributed by atoms with E-state index in [2.05, 4.69) is 11.2 Å². The van der Waals surface area contributed by atoms with Crippen molar-refractivity contribution in [2.45, 2.75) is 12.8 Å². The zero-order chi connectivity index (χ0) is 11.6. The molecule has 0 aliphatic heterocycles. The number of hydrogen-bond acceptors (Lipinski definition) is 2. The van der Waals surface area contributed by atoms with Crippen molar-refractivity contribution in [3.63, 3.8) is 0 Å². The van der Waals surface area contributed by atoms with Crippen molar-refractivity contribution in [2.75, 3.05) is 13.2 Å². The molecule has 0 bridgehead atoms. The maximum absolute atomic E-state index is 11.3. The number of ether oxygens (including phenoxy) is 1. The molecular formula is C13H15NO2. The van der Waals surface area contributed by atoms with E-state index in [0.29, 0.717) is 18.7 Å². The Hall–Kier alpha value is -1.95. The van der Waals surface area contributed by atoms with Crippen LogP contribution in [0.1, 0.15) is 12.8 Å². The van der Waals surface area contributed by atoms with Crippen LogP contribution in [0.3, 0.4) is 0 Å². The van der Waals surface area contributed by atoms with Crippen molar-refractivity contribution < 1.29 is 9.53 Å². The van der Waals surface area contributed by atoms with Gasteiger partial charge in [-0.25, -0.2) is 0 Å². The van der Waals surface area contributed by atoms with Gasteiger partial charge in [0.2, 0.25) is 0 Å². The van der Waals surface area contributed by atoms with Crippen LogP contribution in [0.15, 0.2) is 30.3 Å². The molecule has 0 aromatic heterocycles. The van der Waals surface area contributed by atoms with Crippen molar-refractivity contribution >= 4 is 5.91 Å². The zero-order valence-electron chi connectivity index (χ0n) is 9.11. The Balaban J connectivity index is 2.14. The van der Waals surface area contributed by atoms with Crippen LogP contribution in [0.2, 0.25) is 0 Å². The Bertz CT molecular complexity index is 354. The second-order valence-electron chi connectivity index (χ2n) is 3.26. The van der Waals surface area contributed by atoms with E-state index < -0.39 is 0 Å². The molecule has 1 N–H and O–H groups in total. The predicted octanol–water partition coefficient (Wildman–Crippen LogP) is 1.60. The average molecular weight is 217 g/mol. The first-order valence-electron chi connectivity index (χ1n) is 5.21. The largest absolute Gasteiger partial charge is 0.484 e. The minimum absolute atomic E-state index is 0.0417. The summed E-state index contributed by atoms with van der Waals surface area (Å²) in [5.74, 6) is 3.09. The van der Waals surface area contributed by atoms with E-state index in [1.165, 1.54) is 0 Å². The Labute approximate surface area is 95.8 Å². The summed E-state index contributed by atoms with van der Waals surface area (Å²) in [6, 6.07) is 9.24. The molecule has 0 heterocycles. The molecule has 1 aromatic carbocycles. The molecule has 1 aromatic rings. The van der Waals surface area contributed by atoms with Gasteiger partial charge in [-0.3, -0.25) is 4.79 Å². The van der Waals surface area contributed by atoms with E-state index in [1.54, 1.807) is 0 Å². The van der Waals surface area contributed by atoms with Gasteiger partial charge < -0.3 is 10.1 Å². The smallest absolute Gasteiger partial charge is 0.257 e. The van der Waals surface area contributed by atoms with Gasteiger partial charge in [0.05, 0.1) is 0 Å². The summed E-state index contributed by atoms with van der Waals surface area (Å²) in [5, 5.41) is 2.73. The molecule has 0 spiro atoms. The minimum atomic E-state index is -0.124. The molecule has 84 valence electrons. The number of carbonyl (C=O) groups excluding carboxylic acids is 1. The number of nitrogens with one attached hydrogen (secondary N) is 1. The fourth-order valence-corrected chi connectivity index (χ4v) is 1.13. The second-order valence-corrected chi connectivity index (χ2v) is 3.26. The summed E-state index contributed by atoms with van der Waals surface area (Å²) < 4.78 is 5.27. The van der Waals surface area contributed by atoms with Gasteiger partial charge in [-0.2, -0.15) is 0 Å². The average Bonchev–Trinajstić information content (AvgIpc) is 2.33. The molecule has 3 nitrogen and oxygen atoms in total. The van der Waals surface area contributed by atoms with Gasteiger partial charge in [-0.15, -0.1) is 12.3 Å². The van der Waals surface area contributed by atoms with Crippen molar-refractivity contribution in [1.82, 2.24) is 5.32 Å². The highest BCUT2D eigenvalue weighted by atomic mass is 16.5. The topological polar surface area (TPSA) is 38.3 Å². The highest BCUT2D eigenvalue weighted by Gasteiger charge is 2.00. The van der Waals surface area contributed by atoms with E-state index in [9.17, 15) is 4.79 Å². The molecule has 1 amide bonds. The zero-order valence-corrected chi connectivity index (χ0v) is 9.11. The molecule has 0 radical (unpaired) electrons. The maximum atomic E-state index is 11.3. The monoisotopic (exact) mass is 217 g/mol. The number of rotatable bonds is 6. The summed E-state index contributed by atoms with van der Waals surface area (Å²) in [4.78, 5) is 11.3. The van der Waals surface area contributed by atoms with Gasteiger partial charge in [-0.1, -0.05) is 18.2 Å². The van der Waals surface area contributed by atoms with Crippen LogP contribution < -0.4 is 10.1 Å². The fraction of sp³-hybridized carbons (Fsp3) is 0.308. The third kappa shape index (κ3) is 5.06. The van der Waals surface area contributed by atoms with Crippen LogP contribution >= 0.6 is 0 Å². The molecule has 0 saturated heterocycles. The first-order chi connectivity index (χ1) is 7.83. The van der Waals surface area contributed by atoms with Crippen LogP contribution in [0.5, 0.6) is 5.75 Å². The summed E-state index contributed by atoms with van der Waals surface area (Å²) in [5.41, 5.74) is 0. The van der Waals surface area contributed by atoms with E-state index in [1.807, 2.05) is 30.3 Å². The van der Waals surface area contributed by atoms with Gasteiger partial charge in [0, 0.05) is 13.0 Å². The number of carbonyl (C=O) groups is 1. The van der Waals surface area contributed by atoms with E-state index in [4.69, 9.17) is 11.2 Å². The standard InChI is InChI=1S/C13H15NO2/c1-2-3-7-10-14-13(15)11-16-12-8-5-4-6-9-12/h1,4-6,8-9H,3,7,10-11H2,(H,14,15). The number of hydrogen-bond donors (Lipinski definition) is 1. The van der Waals surface area contributed by atoms with Crippen LogP contribution in [0.25, 0.3) is 0 Å². The quantitative estimate of drug-likeness (QED) is 0.580. The summed E-state index contributed by atoms with van der Waals surface area (Å²) in [6.45, 7) is 0.640. The third-order valence-corrected chi connectivity index (χ3v) is 1.93. The number of para-hydroxylation sites is 1. The van der Waals surface area contributed by atoms with Gasteiger partial charge in [0.15, 0.2) is 6.61 Å². The van der Waals surface area contributed by atoms with E-state index in [0.717, 1.165) is 6.42 Å². The second kappa shape index (κ2) is 7.36. The normalized spacial score (nSPS) is 9.19. The molecule has 1 rings (SSSR count). The Morgan fingerprint density at radius 3 is 2.81 bits per heavy atom. The fourth-order valence-electron chi connectivity index (χ4n) is 1.13. The summed E-state index contributed by atoms with van der Waals surface area (Å²) in [6.07, 6.45) is 6.57. The van der Waals surface area contributed by atoms with Crippen molar-refractivity contribution in [2.24, 2.45) is 0 Å². The molecule has 0 aliphatic rings. The van der Waals surface area contributed by atoms with Crippen molar-refractivity contribution in [3.8, 4) is 18.1 Å². The Morgan fingerprint density at radius 2 is 2.12 bits per heavy atom. The van der Waals surface area contributed by atoms with Crippen molar-refractivity contribution in [1.29, 1.82) is 0 Å². The molecule has 0 atom stereocenters. The number of unbranched alkanes of at least 4 members (excludes halogenated alkanes) is 1. The lowest BCUT2D eigenvalue weighted by Crippen LogP contribution is -2.29. The molecule has 3 heteroatoms. The lowest BCUT2D eigenvalue weighted by Gasteiger charge is -2.06. The van der Waals surface area contributed by atoms with Gasteiger partial charge in [-0.05, 0) is 18.6 Å². The number of terminal acetylenes is 1. The first kappa shape index (κ1) is 12.1. The summed E-state index contributed by atoms with van der Waals surface area (Å²) >= 11 is 0. The summed E-state index contributed by atoms with van der Waals surface area (Å²) in [7, 11) is 0. The van der Waals surface area contributed by atoms with Crippen LogP contribution in [0, 0.1) is 12.3 Å². The molecule has 16 heavy (non-hydrogen) atoms. The Morgan fingerprint density at radius 1 is 1.38 bits per heavy atom. The SMILES string of the molecule is C#CCCCNC(=O)COc1ccccc1. The third-order valence-electron chi connectivity index (χ3n) is 1.93. The highest BCUT2D eigenvalue weighted by molar-refractivity contribution is 5.77. The Kier molecular flexibility index (Phi) is 5.57. The maximum Gasteiger partial charge on any atom is 0.257 e. The molecular weight excluding hydrogens is 202 g/mol. The van der Waals surface area contributed by atoms with Crippen molar-refractivity contribution in [3.05, 3.63) is 30.3 Å². The lowest BCUT2D eigenvalue weighted by atomic mass is 10.3. The molecule has 0 unspecified atom stereocenters. The van der Waals surface area contributed by atoms with Gasteiger partial charge >= 0.3 is 0 Å². The van der Waals surface area contributed by atoms with E-state index in [-0.39, 0.29) is 12.5 Å². The highest BCUT2D eigenvalue weighted by Crippen LogP contribution is 2.07. The first-order valence-corrected chi connectivity index (χ1v) is 5.21. The minimum Gasteiger partial charge on any atom is -0.484 e. The number of benzene rings is 1. The van der Waals surface area contributed by atoms with Crippen LogP contribution in [0.4, 0.5) is 0 Å². The molecule has 0 fully saturated rings.